The topological polar surface area (TPSA) is 58.6 Å². The first-order valence-corrected chi connectivity index (χ1v) is 9.53. The Morgan fingerprint density at radius 1 is 1.29 bits per heavy atom. The van der Waals surface area contributed by atoms with Gasteiger partial charge in [0.1, 0.15) is 16.2 Å². The van der Waals surface area contributed by atoms with Crippen molar-refractivity contribution >= 4 is 29.3 Å². The van der Waals surface area contributed by atoms with Gasteiger partial charge in [-0.05, 0) is 39.0 Å². The van der Waals surface area contributed by atoms with Crippen LogP contribution in [0.1, 0.15) is 40.2 Å². The Balaban J connectivity index is 2.22. The SMILES string of the molecule is CC1=C(SC(C)C)C(=O)N(C(C)(C)C(=O)Nc2cccc(C(F)(F)F)c2)CO1. The van der Waals surface area contributed by atoms with Crippen molar-refractivity contribution in [3.63, 3.8) is 0 Å². The van der Waals surface area contributed by atoms with Crippen LogP contribution in [0.3, 0.4) is 0 Å². The summed E-state index contributed by atoms with van der Waals surface area (Å²) in [5.74, 6) is -0.460. The minimum Gasteiger partial charge on any atom is -0.476 e. The summed E-state index contributed by atoms with van der Waals surface area (Å²) in [6, 6.07) is 4.35. The molecule has 0 unspecified atom stereocenters. The second kappa shape index (κ2) is 8.06. The van der Waals surface area contributed by atoms with Gasteiger partial charge < -0.3 is 10.1 Å². The Morgan fingerprint density at radius 3 is 2.50 bits per heavy atom. The zero-order chi connectivity index (χ0) is 21.3. The molecule has 0 saturated carbocycles. The summed E-state index contributed by atoms with van der Waals surface area (Å²) in [7, 11) is 0. The fourth-order valence-electron chi connectivity index (χ4n) is 2.52. The van der Waals surface area contributed by atoms with Gasteiger partial charge >= 0.3 is 6.18 Å². The quantitative estimate of drug-likeness (QED) is 0.762. The maximum atomic E-state index is 12.9. The van der Waals surface area contributed by atoms with E-state index in [4.69, 9.17) is 4.74 Å². The normalized spacial score (nSPS) is 15.8. The number of hydrogen-bond acceptors (Lipinski definition) is 4. The van der Waals surface area contributed by atoms with E-state index >= 15 is 0 Å². The third-order valence-corrected chi connectivity index (χ3v) is 5.37. The van der Waals surface area contributed by atoms with Gasteiger partial charge in [0.15, 0.2) is 6.73 Å². The third kappa shape index (κ3) is 4.81. The number of amides is 2. The summed E-state index contributed by atoms with van der Waals surface area (Å²) in [5, 5.41) is 2.61. The largest absolute Gasteiger partial charge is 0.476 e. The Labute approximate surface area is 166 Å². The van der Waals surface area contributed by atoms with Crippen molar-refractivity contribution in [1.29, 1.82) is 0 Å². The third-order valence-electron chi connectivity index (χ3n) is 4.20. The van der Waals surface area contributed by atoms with Crippen molar-refractivity contribution in [1.82, 2.24) is 4.90 Å². The minimum absolute atomic E-state index is 0.00165. The van der Waals surface area contributed by atoms with E-state index in [2.05, 4.69) is 5.32 Å². The number of anilines is 1. The van der Waals surface area contributed by atoms with Crippen LogP contribution in [-0.2, 0) is 20.5 Å². The lowest BCUT2D eigenvalue weighted by Crippen LogP contribution is -2.57. The molecule has 0 aliphatic carbocycles. The van der Waals surface area contributed by atoms with E-state index in [-0.39, 0.29) is 23.6 Å². The van der Waals surface area contributed by atoms with Crippen molar-refractivity contribution in [3.8, 4) is 0 Å². The molecule has 0 fully saturated rings. The van der Waals surface area contributed by atoms with Crippen LogP contribution in [0.5, 0.6) is 0 Å². The van der Waals surface area contributed by atoms with E-state index < -0.39 is 23.2 Å². The van der Waals surface area contributed by atoms with Gasteiger partial charge in [-0.3, -0.25) is 14.5 Å². The predicted molar refractivity (Wildman–Crippen MR) is 102 cm³/mol. The highest BCUT2D eigenvalue weighted by atomic mass is 32.2. The monoisotopic (exact) mass is 416 g/mol. The fraction of sp³-hybridized carbons (Fsp3) is 0.474. The van der Waals surface area contributed by atoms with Crippen LogP contribution in [0.4, 0.5) is 18.9 Å². The first kappa shape index (κ1) is 22.1. The van der Waals surface area contributed by atoms with Crippen LogP contribution >= 0.6 is 11.8 Å². The first-order chi connectivity index (χ1) is 12.8. The number of alkyl halides is 3. The maximum Gasteiger partial charge on any atom is 0.416 e. The number of rotatable bonds is 5. The van der Waals surface area contributed by atoms with Gasteiger partial charge in [-0.25, -0.2) is 0 Å². The van der Waals surface area contributed by atoms with Gasteiger partial charge in [0.25, 0.3) is 5.91 Å². The number of benzene rings is 1. The van der Waals surface area contributed by atoms with Crippen LogP contribution < -0.4 is 5.32 Å². The van der Waals surface area contributed by atoms with E-state index in [1.54, 1.807) is 6.92 Å². The number of allylic oxidation sites excluding steroid dienone is 1. The number of hydrogen-bond donors (Lipinski definition) is 1. The summed E-state index contributed by atoms with van der Waals surface area (Å²) in [6.45, 7) is 8.49. The summed E-state index contributed by atoms with van der Waals surface area (Å²) in [6.07, 6.45) is -4.52. The smallest absolute Gasteiger partial charge is 0.416 e. The highest BCUT2D eigenvalue weighted by Crippen LogP contribution is 2.34. The molecule has 1 aliphatic heterocycles. The summed E-state index contributed by atoms with van der Waals surface area (Å²) >= 11 is 1.34. The molecule has 2 rings (SSSR count). The lowest BCUT2D eigenvalue weighted by atomic mass is 10.0. The molecule has 9 heteroatoms. The van der Waals surface area contributed by atoms with E-state index in [9.17, 15) is 22.8 Å². The van der Waals surface area contributed by atoms with Crippen molar-refractivity contribution in [2.24, 2.45) is 0 Å². The van der Waals surface area contributed by atoms with Gasteiger partial charge in [-0.1, -0.05) is 19.9 Å². The molecular formula is C19H23F3N2O3S. The molecule has 1 N–H and O–H groups in total. The van der Waals surface area contributed by atoms with Crippen LogP contribution in [0.2, 0.25) is 0 Å². The lowest BCUT2D eigenvalue weighted by Gasteiger charge is -2.40. The molecular weight excluding hydrogens is 393 g/mol. The standard InChI is InChI=1S/C19H23F3N2O3S/c1-11(2)28-15-12(3)27-10-24(16(15)25)18(4,5)17(26)23-14-8-6-7-13(9-14)19(20,21)22/h6-9,11H,10H2,1-5H3,(H,23,26). The molecule has 1 aromatic rings. The van der Waals surface area contributed by atoms with Crippen LogP contribution in [0.25, 0.3) is 0 Å². The van der Waals surface area contributed by atoms with Gasteiger partial charge in [0.05, 0.1) is 5.56 Å². The maximum absolute atomic E-state index is 12.9. The van der Waals surface area contributed by atoms with Gasteiger partial charge in [-0.15, -0.1) is 11.8 Å². The molecule has 0 bridgehead atoms. The van der Waals surface area contributed by atoms with E-state index in [1.807, 2.05) is 13.8 Å². The number of carbonyl (C=O) groups excluding carboxylic acids is 2. The van der Waals surface area contributed by atoms with Crippen molar-refractivity contribution < 1.29 is 27.5 Å². The lowest BCUT2D eigenvalue weighted by molar-refractivity contribution is -0.148. The van der Waals surface area contributed by atoms with Crippen LogP contribution in [0, 0.1) is 0 Å². The van der Waals surface area contributed by atoms with Crippen molar-refractivity contribution in [3.05, 3.63) is 40.5 Å². The Morgan fingerprint density at radius 2 is 1.93 bits per heavy atom. The molecule has 154 valence electrons. The molecule has 0 saturated heterocycles. The van der Waals surface area contributed by atoms with Gasteiger partial charge in [-0.2, -0.15) is 13.2 Å². The van der Waals surface area contributed by atoms with E-state index in [0.717, 1.165) is 12.1 Å². The molecule has 0 atom stereocenters. The van der Waals surface area contributed by atoms with Crippen molar-refractivity contribution in [2.75, 3.05) is 12.0 Å². The van der Waals surface area contributed by atoms with Gasteiger partial charge in [0, 0.05) is 10.9 Å². The highest BCUT2D eigenvalue weighted by Gasteiger charge is 2.42. The Bertz CT molecular complexity index is 804. The van der Waals surface area contributed by atoms with E-state index in [1.165, 1.54) is 42.6 Å². The summed E-state index contributed by atoms with van der Waals surface area (Å²) < 4.78 is 44.2. The number of nitrogens with one attached hydrogen (secondary N) is 1. The molecule has 5 nitrogen and oxygen atoms in total. The molecule has 1 heterocycles. The minimum atomic E-state index is -4.52. The summed E-state index contributed by atoms with van der Waals surface area (Å²) in [5.41, 5.74) is -2.20. The number of thioether (sulfide) groups is 1. The average Bonchev–Trinajstić information content (AvgIpc) is 2.57. The highest BCUT2D eigenvalue weighted by molar-refractivity contribution is 8.04. The zero-order valence-electron chi connectivity index (χ0n) is 16.3. The average molecular weight is 416 g/mol. The predicted octanol–water partition coefficient (Wildman–Crippen LogP) is 4.61. The second-order valence-electron chi connectivity index (χ2n) is 7.15. The first-order valence-electron chi connectivity index (χ1n) is 8.65. The number of halogens is 3. The zero-order valence-corrected chi connectivity index (χ0v) is 17.1. The van der Waals surface area contributed by atoms with Gasteiger partial charge in [0.2, 0.25) is 5.91 Å². The summed E-state index contributed by atoms with van der Waals surface area (Å²) in [4.78, 5) is 27.4. The Hall–Kier alpha value is -2.16. The fourth-order valence-corrected chi connectivity index (χ4v) is 3.43. The second-order valence-corrected chi connectivity index (χ2v) is 8.74. The van der Waals surface area contributed by atoms with Crippen molar-refractivity contribution in [2.45, 2.75) is 51.6 Å². The Kier molecular flexibility index (Phi) is 6.37. The molecule has 1 aliphatic rings. The van der Waals surface area contributed by atoms with Crippen LogP contribution in [-0.4, -0.2) is 34.2 Å². The van der Waals surface area contributed by atoms with E-state index in [0.29, 0.717) is 10.7 Å². The molecule has 0 spiro atoms. The van der Waals surface area contributed by atoms with Crippen LogP contribution in [0.15, 0.2) is 34.9 Å². The number of ether oxygens (including phenoxy) is 1. The molecule has 0 aromatic heterocycles. The molecule has 1 aromatic carbocycles. The molecule has 28 heavy (non-hydrogen) atoms. The molecule has 0 radical (unpaired) electrons. The number of carbonyl (C=O) groups is 2. The number of nitrogens with zero attached hydrogens (tertiary/aromatic N) is 1. The molecule has 2 amide bonds.